The van der Waals surface area contributed by atoms with Crippen molar-refractivity contribution in [3.63, 3.8) is 0 Å². The minimum atomic E-state index is -0.726. The van der Waals surface area contributed by atoms with Gasteiger partial charge in [0.15, 0.2) is 0 Å². The van der Waals surface area contributed by atoms with Gasteiger partial charge in [-0.15, -0.1) is 0 Å². The quantitative estimate of drug-likeness (QED) is 0.819. The Labute approximate surface area is 105 Å². The minimum absolute atomic E-state index is 0.174. The highest BCUT2D eigenvalue weighted by Crippen LogP contribution is 2.35. The molecule has 2 amide bonds. The van der Waals surface area contributed by atoms with Crippen molar-refractivity contribution in [3.05, 3.63) is 34.9 Å². The number of amides is 2. The highest BCUT2D eigenvalue weighted by Gasteiger charge is 2.49. The maximum absolute atomic E-state index is 11.9. The van der Waals surface area contributed by atoms with Crippen LogP contribution in [0.25, 0.3) is 0 Å². The number of amidine groups is 1. The molecule has 1 fully saturated rings. The summed E-state index contributed by atoms with van der Waals surface area (Å²) >= 11 is 5.85. The van der Waals surface area contributed by atoms with Gasteiger partial charge in [0.2, 0.25) is 0 Å². The number of urea groups is 1. The summed E-state index contributed by atoms with van der Waals surface area (Å²) in [6.07, 6.45) is 0. The van der Waals surface area contributed by atoms with Gasteiger partial charge >= 0.3 is 6.03 Å². The van der Waals surface area contributed by atoms with Crippen LogP contribution in [-0.2, 0) is 5.54 Å². The number of hydrogen-bond acceptors (Lipinski definition) is 2. The number of nitrogens with one attached hydrogen (secondary N) is 1. The Hall–Kier alpha value is -1.55. The highest BCUT2D eigenvalue weighted by atomic mass is 35.5. The first kappa shape index (κ1) is 11.9. The molecular formula is C12H14ClN3O. The van der Waals surface area contributed by atoms with Crippen molar-refractivity contribution in [2.75, 3.05) is 14.1 Å². The molecule has 1 heterocycles. The van der Waals surface area contributed by atoms with Crippen LogP contribution < -0.4 is 0 Å². The van der Waals surface area contributed by atoms with E-state index in [0.29, 0.717) is 5.02 Å². The van der Waals surface area contributed by atoms with Gasteiger partial charge in [-0.1, -0.05) is 23.7 Å². The predicted octanol–water partition coefficient (Wildman–Crippen LogP) is 2.53. The number of halogens is 1. The molecule has 0 bridgehead atoms. The zero-order chi connectivity index (χ0) is 12.8. The standard InChI is InChI=1S/C12H14ClN3O/c1-12(8-4-6-9(13)7-5-8)10(14)15(2)11(17)16(12)3/h4-7,14H,1-3H3/t12-/m0/s1. The van der Waals surface area contributed by atoms with E-state index in [1.54, 1.807) is 31.1 Å². The van der Waals surface area contributed by atoms with E-state index in [0.717, 1.165) is 5.56 Å². The van der Waals surface area contributed by atoms with Crippen LogP contribution in [0.15, 0.2) is 24.3 Å². The van der Waals surface area contributed by atoms with Gasteiger partial charge in [-0.3, -0.25) is 10.3 Å². The van der Waals surface area contributed by atoms with Crippen LogP contribution in [0.1, 0.15) is 12.5 Å². The van der Waals surface area contributed by atoms with Crippen molar-refractivity contribution >= 4 is 23.5 Å². The van der Waals surface area contributed by atoms with Crippen molar-refractivity contribution in [2.45, 2.75) is 12.5 Å². The molecule has 0 aliphatic carbocycles. The van der Waals surface area contributed by atoms with Gasteiger partial charge in [-0.2, -0.15) is 0 Å². The molecule has 2 rings (SSSR count). The van der Waals surface area contributed by atoms with Gasteiger partial charge in [-0.05, 0) is 24.6 Å². The van der Waals surface area contributed by atoms with Gasteiger partial charge in [0, 0.05) is 19.1 Å². The lowest BCUT2D eigenvalue weighted by molar-refractivity contribution is 0.187. The molecule has 1 saturated heterocycles. The smallest absolute Gasteiger partial charge is 0.311 e. The summed E-state index contributed by atoms with van der Waals surface area (Å²) in [4.78, 5) is 14.8. The predicted molar refractivity (Wildman–Crippen MR) is 67.5 cm³/mol. The lowest BCUT2D eigenvalue weighted by Crippen LogP contribution is -2.41. The number of likely N-dealkylation sites (N-methyl/N-ethyl adjacent to an activating group) is 2. The lowest BCUT2D eigenvalue weighted by atomic mass is 9.90. The second kappa shape index (κ2) is 3.74. The monoisotopic (exact) mass is 251 g/mol. The Bertz CT molecular complexity index is 485. The molecule has 1 atom stereocenters. The molecule has 4 nitrogen and oxygen atoms in total. The Morgan fingerprint density at radius 2 is 1.76 bits per heavy atom. The van der Waals surface area contributed by atoms with E-state index in [2.05, 4.69) is 0 Å². The van der Waals surface area contributed by atoms with Gasteiger partial charge in [0.05, 0.1) is 0 Å². The Morgan fingerprint density at radius 1 is 1.24 bits per heavy atom. The fraction of sp³-hybridized carbons (Fsp3) is 0.333. The molecular weight excluding hydrogens is 238 g/mol. The third kappa shape index (κ3) is 1.52. The first-order valence-electron chi connectivity index (χ1n) is 5.25. The average Bonchev–Trinajstić information content (AvgIpc) is 2.47. The average molecular weight is 252 g/mol. The van der Waals surface area contributed by atoms with Gasteiger partial charge in [0.25, 0.3) is 0 Å². The van der Waals surface area contributed by atoms with E-state index < -0.39 is 5.54 Å². The Kier molecular flexibility index (Phi) is 2.62. The zero-order valence-electron chi connectivity index (χ0n) is 9.99. The molecule has 1 N–H and O–H groups in total. The van der Waals surface area contributed by atoms with Crippen LogP contribution >= 0.6 is 11.6 Å². The van der Waals surface area contributed by atoms with E-state index in [-0.39, 0.29) is 11.9 Å². The fourth-order valence-corrected chi connectivity index (χ4v) is 2.23. The molecule has 0 saturated carbocycles. The van der Waals surface area contributed by atoms with E-state index in [9.17, 15) is 4.79 Å². The van der Waals surface area contributed by atoms with Crippen LogP contribution in [-0.4, -0.2) is 35.8 Å². The molecule has 5 heteroatoms. The third-order valence-corrected chi connectivity index (χ3v) is 3.70. The highest BCUT2D eigenvalue weighted by molar-refractivity contribution is 6.30. The van der Waals surface area contributed by atoms with Gasteiger partial charge in [-0.25, -0.2) is 4.79 Å². The van der Waals surface area contributed by atoms with Gasteiger partial charge in [0.1, 0.15) is 11.4 Å². The fourth-order valence-electron chi connectivity index (χ4n) is 2.10. The van der Waals surface area contributed by atoms with E-state index in [4.69, 9.17) is 17.0 Å². The number of nitrogens with zero attached hydrogens (tertiary/aromatic N) is 2. The number of rotatable bonds is 1. The Morgan fingerprint density at radius 3 is 2.18 bits per heavy atom. The van der Waals surface area contributed by atoms with Crippen molar-refractivity contribution in [1.82, 2.24) is 9.80 Å². The second-order valence-corrected chi connectivity index (χ2v) is 4.76. The summed E-state index contributed by atoms with van der Waals surface area (Å²) in [7, 11) is 3.32. The van der Waals surface area contributed by atoms with Crippen LogP contribution in [0.2, 0.25) is 5.02 Å². The number of carbonyl (C=O) groups excluding carboxylic acids is 1. The third-order valence-electron chi connectivity index (χ3n) is 3.45. The number of benzene rings is 1. The SMILES string of the molecule is CN1C(=N)[C@](C)(c2ccc(Cl)cc2)N(C)C1=O. The maximum atomic E-state index is 11.9. The van der Waals surface area contributed by atoms with Crippen molar-refractivity contribution in [1.29, 1.82) is 5.41 Å². The molecule has 0 aromatic heterocycles. The molecule has 1 aromatic carbocycles. The van der Waals surface area contributed by atoms with Crippen LogP contribution in [0.3, 0.4) is 0 Å². The topological polar surface area (TPSA) is 47.4 Å². The lowest BCUT2D eigenvalue weighted by Gasteiger charge is -2.30. The zero-order valence-corrected chi connectivity index (χ0v) is 10.7. The summed E-state index contributed by atoms with van der Waals surface area (Å²) in [6, 6.07) is 7.06. The summed E-state index contributed by atoms with van der Waals surface area (Å²) < 4.78 is 0. The van der Waals surface area contributed by atoms with Crippen LogP contribution in [0.4, 0.5) is 4.79 Å². The van der Waals surface area contributed by atoms with E-state index in [1.807, 2.05) is 19.1 Å². The summed E-state index contributed by atoms with van der Waals surface area (Å²) in [5.41, 5.74) is 0.156. The molecule has 1 aliphatic rings. The summed E-state index contributed by atoms with van der Waals surface area (Å²) in [5.74, 6) is 0.271. The molecule has 0 unspecified atom stereocenters. The van der Waals surface area contributed by atoms with Crippen molar-refractivity contribution in [3.8, 4) is 0 Å². The molecule has 90 valence electrons. The number of carbonyl (C=O) groups is 1. The largest absolute Gasteiger partial charge is 0.326 e. The van der Waals surface area contributed by atoms with Crippen LogP contribution in [0.5, 0.6) is 0 Å². The normalized spacial score (nSPS) is 24.7. The van der Waals surface area contributed by atoms with Crippen molar-refractivity contribution in [2.24, 2.45) is 0 Å². The van der Waals surface area contributed by atoms with Crippen LogP contribution in [0, 0.1) is 5.41 Å². The first-order valence-corrected chi connectivity index (χ1v) is 5.63. The Balaban J connectivity index is 2.52. The molecule has 17 heavy (non-hydrogen) atoms. The first-order chi connectivity index (χ1) is 7.89. The molecule has 0 radical (unpaired) electrons. The summed E-state index contributed by atoms with van der Waals surface area (Å²) in [5, 5.41) is 8.73. The van der Waals surface area contributed by atoms with Gasteiger partial charge < -0.3 is 4.90 Å². The number of hydrogen-bond donors (Lipinski definition) is 1. The molecule has 1 aliphatic heterocycles. The summed E-state index contributed by atoms with van der Waals surface area (Å²) in [6.45, 7) is 1.86. The van der Waals surface area contributed by atoms with Crippen molar-refractivity contribution < 1.29 is 4.79 Å². The minimum Gasteiger partial charge on any atom is -0.311 e. The molecule has 1 aromatic rings. The molecule has 0 spiro atoms. The maximum Gasteiger partial charge on any atom is 0.326 e. The van der Waals surface area contributed by atoms with E-state index in [1.165, 1.54) is 4.90 Å². The van der Waals surface area contributed by atoms with E-state index >= 15 is 0 Å². The second-order valence-electron chi connectivity index (χ2n) is 4.33.